The van der Waals surface area contributed by atoms with E-state index in [4.69, 9.17) is 19.0 Å². The van der Waals surface area contributed by atoms with Crippen molar-refractivity contribution in [1.82, 2.24) is 0 Å². The van der Waals surface area contributed by atoms with Gasteiger partial charge in [-0.1, -0.05) is 24.8 Å². The predicted octanol–water partition coefficient (Wildman–Crippen LogP) is 2.06. The number of hydrogen-bond acceptors (Lipinski definition) is 4. The summed E-state index contributed by atoms with van der Waals surface area (Å²) >= 11 is 0. The number of phosphoric acid groups is 1. The van der Waals surface area contributed by atoms with E-state index in [9.17, 15) is 9.36 Å². The lowest BCUT2D eigenvalue weighted by Gasteiger charge is -2.29. The van der Waals surface area contributed by atoms with Crippen molar-refractivity contribution in [3.63, 3.8) is 0 Å². The normalized spacial score (nSPS) is 13.4. The Kier molecular flexibility index (Phi) is 7.32. The van der Waals surface area contributed by atoms with E-state index in [1.807, 2.05) is 21.1 Å². The summed E-state index contributed by atoms with van der Waals surface area (Å²) in [6.07, 6.45) is 1.14. The summed E-state index contributed by atoms with van der Waals surface area (Å²) in [6.45, 7) is 4.02. The molecule has 1 unspecified atom stereocenters. The van der Waals surface area contributed by atoms with Crippen molar-refractivity contribution < 1.29 is 32.9 Å². The summed E-state index contributed by atoms with van der Waals surface area (Å²) in [7, 11) is 1.04. The molecule has 0 aromatic heterocycles. The Morgan fingerprint density at radius 3 is 2.33 bits per heavy atom. The van der Waals surface area contributed by atoms with Crippen molar-refractivity contribution in [3.8, 4) is 0 Å². The van der Waals surface area contributed by atoms with Crippen LogP contribution in [0.3, 0.4) is 0 Å². The molecule has 0 saturated heterocycles. The highest BCUT2D eigenvalue weighted by Crippen LogP contribution is 2.38. The standard InChI is InChI=1S/C16H24NO6P/c1-5-13-6-8-14(9-7-13)16(18)22-11-10-15(12-17(2,3)4)23-24(19,20)21/h5-9,15H,1,10-12H2,2-4H3,(H-,19,20,21)/p+1. The predicted molar refractivity (Wildman–Crippen MR) is 91.2 cm³/mol. The largest absolute Gasteiger partial charge is 0.470 e. The monoisotopic (exact) mass is 358 g/mol. The average Bonchev–Trinajstić information content (AvgIpc) is 2.43. The average molecular weight is 358 g/mol. The van der Waals surface area contributed by atoms with Crippen LogP contribution in [0.25, 0.3) is 6.08 Å². The number of quaternary nitrogens is 1. The molecule has 1 aromatic rings. The number of ether oxygens (including phenoxy) is 1. The van der Waals surface area contributed by atoms with Crippen LogP contribution in [0.4, 0.5) is 0 Å². The molecule has 0 heterocycles. The number of likely N-dealkylation sites (N-methyl/N-ethyl adjacent to an activating group) is 1. The SMILES string of the molecule is C=Cc1ccc(C(=O)OCCC(C[N+](C)(C)C)OP(=O)(O)O)cc1. The molecule has 0 aliphatic rings. The van der Waals surface area contributed by atoms with Gasteiger partial charge in [-0.15, -0.1) is 0 Å². The maximum Gasteiger partial charge on any atom is 0.470 e. The van der Waals surface area contributed by atoms with Gasteiger partial charge in [0.1, 0.15) is 12.6 Å². The zero-order valence-electron chi connectivity index (χ0n) is 14.2. The molecule has 0 spiro atoms. The Bertz CT molecular complexity index is 602. The van der Waals surface area contributed by atoms with Crippen LogP contribution in [-0.2, 0) is 13.8 Å². The fraction of sp³-hybridized carbons (Fsp3) is 0.438. The van der Waals surface area contributed by atoms with Gasteiger partial charge in [-0.05, 0) is 17.7 Å². The molecule has 0 fully saturated rings. The fourth-order valence-electron chi connectivity index (χ4n) is 2.10. The lowest BCUT2D eigenvalue weighted by Crippen LogP contribution is -2.42. The first kappa shape index (κ1) is 20.5. The number of nitrogens with zero attached hydrogens (tertiary/aromatic N) is 1. The molecule has 2 N–H and O–H groups in total. The van der Waals surface area contributed by atoms with E-state index in [0.29, 0.717) is 16.6 Å². The van der Waals surface area contributed by atoms with E-state index in [0.717, 1.165) is 5.56 Å². The number of carbonyl (C=O) groups is 1. The third-order valence-electron chi connectivity index (χ3n) is 3.09. The highest BCUT2D eigenvalue weighted by atomic mass is 31.2. The first-order valence-corrected chi connectivity index (χ1v) is 8.97. The molecule has 134 valence electrons. The van der Waals surface area contributed by atoms with Gasteiger partial charge in [-0.2, -0.15) is 0 Å². The van der Waals surface area contributed by atoms with Crippen LogP contribution in [0, 0.1) is 0 Å². The van der Waals surface area contributed by atoms with E-state index in [-0.39, 0.29) is 13.0 Å². The minimum Gasteiger partial charge on any atom is -0.462 e. The zero-order chi connectivity index (χ0) is 18.4. The molecule has 1 aromatic carbocycles. The van der Waals surface area contributed by atoms with Gasteiger partial charge in [-0.3, -0.25) is 4.52 Å². The second kappa shape index (κ2) is 8.55. The molecule has 7 nitrogen and oxygen atoms in total. The number of benzene rings is 1. The van der Waals surface area contributed by atoms with E-state index in [2.05, 4.69) is 6.58 Å². The van der Waals surface area contributed by atoms with Crippen LogP contribution >= 0.6 is 7.82 Å². The summed E-state index contributed by atoms with van der Waals surface area (Å²) in [5.74, 6) is -0.495. The minimum atomic E-state index is -4.60. The Morgan fingerprint density at radius 2 is 1.88 bits per heavy atom. The van der Waals surface area contributed by atoms with Gasteiger partial charge in [0.05, 0.1) is 33.3 Å². The Balaban J connectivity index is 2.57. The van der Waals surface area contributed by atoms with Gasteiger partial charge in [-0.25, -0.2) is 9.36 Å². The molecular weight excluding hydrogens is 333 g/mol. The van der Waals surface area contributed by atoms with Crippen molar-refractivity contribution in [3.05, 3.63) is 42.0 Å². The summed E-state index contributed by atoms with van der Waals surface area (Å²) in [5.41, 5.74) is 1.30. The summed E-state index contributed by atoms with van der Waals surface area (Å²) in [6, 6.07) is 6.77. The Morgan fingerprint density at radius 1 is 1.29 bits per heavy atom. The Labute approximate surface area is 142 Å². The highest BCUT2D eigenvalue weighted by molar-refractivity contribution is 7.46. The van der Waals surface area contributed by atoms with Gasteiger partial charge in [0.2, 0.25) is 0 Å². The quantitative estimate of drug-likeness (QED) is 0.399. The van der Waals surface area contributed by atoms with Crippen molar-refractivity contribution in [2.75, 3.05) is 34.3 Å². The lowest BCUT2D eigenvalue weighted by atomic mass is 10.1. The first-order chi connectivity index (χ1) is 11.0. The van der Waals surface area contributed by atoms with Gasteiger partial charge in [0, 0.05) is 6.42 Å². The maximum atomic E-state index is 11.9. The Hall–Kier alpha value is -1.50. The van der Waals surface area contributed by atoms with E-state index >= 15 is 0 Å². The molecule has 0 aliphatic heterocycles. The van der Waals surface area contributed by atoms with E-state index in [1.54, 1.807) is 30.3 Å². The third kappa shape index (κ3) is 8.38. The van der Waals surface area contributed by atoms with E-state index in [1.165, 1.54) is 0 Å². The van der Waals surface area contributed by atoms with Crippen molar-refractivity contribution in [2.45, 2.75) is 12.5 Å². The van der Waals surface area contributed by atoms with Gasteiger partial charge in [0.25, 0.3) is 0 Å². The zero-order valence-corrected chi connectivity index (χ0v) is 15.1. The van der Waals surface area contributed by atoms with Crippen molar-refractivity contribution >= 4 is 19.9 Å². The van der Waals surface area contributed by atoms with Crippen molar-refractivity contribution in [1.29, 1.82) is 0 Å². The topological polar surface area (TPSA) is 93.1 Å². The molecule has 1 rings (SSSR count). The molecule has 24 heavy (non-hydrogen) atoms. The van der Waals surface area contributed by atoms with Crippen LogP contribution in [0.5, 0.6) is 0 Å². The van der Waals surface area contributed by atoms with Gasteiger partial charge < -0.3 is 19.0 Å². The first-order valence-electron chi connectivity index (χ1n) is 7.44. The number of esters is 1. The maximum absolute atomic E-state index is 11.9. The van der Waals surface area contributed by atoms with Gasteiger partial charge in [0.15, 0.2) is 0 Å². The summed E-state index contributed by atoms with van der Waals surface area (Å²) < 4.78 is 21.5. The van der Waals surface area contributed by atoms with Crippen LogP contribution in [0.1, 0.15) is 22.3 Å². The second-order valence-corrected chi connectivity index (χ2v) is 7.63. The van der Waals surface area contributed by atoms with E-state index < -0.39 is 19.9 Å². The molecule has 0 aliphatic carbocycles. The van der Waals surface area contributed by atoms with Crippen LogP contribution in [-0.4, -0.2) is 60.6 Å². The van der Waals surface area contributed by atoms with Crippen LogP contribution in [0.15, 0.2) is 30.8 Å². The smallest absolute Gasteiger partial charge is 0.462 e. The van der Waals surface area contributed by atoms with Crippen molar-refractivity contribution in [2.24, 2.45) is 0 Å². The number of rotatable bonds is 9. The molecule has 1 atom stereocenters. The third-order valence-corrected chi connectivity index (χ3v) is 3.67. The van der Waals surface area contributed by atoms with Crippen LogP contribution in [0.2, 0.25) is 0 Å². The lowest BCUT2D eigenvalue weighted by molar-refractivity contribution is -0.873. The molecule has 0 radical (unpaired) electrons. The fourth-order valence-corrected chi connectivity index (χ4v) is 2.66. The molecule has 0 amide bonds. The number of carbonyl (C=O) groups excluding carboxylic acids is 1. The summed E-state index contributed by atoms with van der Waals surface area (Å²) in [4.78, 5) is 29.9. The minimum absolute atomic E-state index is 0.00666. The highest BCUT2D eigenvalue weighted by Gasteiger charge is 2.27. The molecular formula is C16H25NO6P+. The molecule has 0 bridgehead atoms. The molecule has 8 heteroatoms. The van der Waals surface area contributed by atoms with Crippen LogP contribution < -0.4 is 0 Å². The molecule has 0 saturated carbocycles. The number of hydrogen-bond donors (Lipinski definition) is 2. The second-order valence-electron chi connectivity index (χ2n) is 6.44. The number of phosphoric ester groups is 1. The van der Waals surface area contributed by atoms with Gasteiger partial charge >= 0.3 is 13.8 Å². The summed E-state index contributed by atoms with van der Waals surface area (Å²) in [5, 5.41) is 0.